The normalized spacial score (nSPS) is 11.9. The van der Waals surface area contributed by atoms with Gasteiger partial charge in [0.1, 0.15) is 15.3 Å². The standard InChI is InChI=1S/C17H11Cl2N3O4S3/c1-29(26)10-4-2-3-9(5-10)21-16(23)14-6-13(22(24)25)17(27-14)28-15-11(18)7-20-8-12(15)19/h2-8H,1H3,(H,21,23). The minimum absolute atomic E-state index is 0.142. The fraction of sp³-hybridized carbons (Fsp3) is 0.0588. The first-order valence-corrected chi connectivity index (χ1v) is 11.7. The quantitative estimate of drug-likeness (QED) is 0.279. The maximum absolute atomic E-state index is 12.6. The smallest absolute Gasteiger partial charge is 0.294 e. The van der Waals surface area contributed by atoms with E-state index in [1.54, 1.807) is 24.3 Å². The van der Waals surface area contributed by atoms with Crippen molar-refractivity contribution in [1.82, 2.24) is 4.98 Å². The number of carbonyl (C=O) groups excluding carboxylic acids is 1. The second-order valence-electron chi connectivity index (χ2n) is 5.51. The summed E-state index contributed by atoms with van der Waals surface area (Å²) in [5.74, 6) is -0.518. The summed E-state index contributed by atoms with van der Waals surface area (Å²) in [6, 6.07) is 7.77. The average Bonchev–Trinajstić information content (AvgIpc) is 3.09. The number of anilines is 1. The maximum atomic E-state index is 12.6. The summed E-state index contributed by atoms with van der Waals surface area (Å²) in [6.45, 7) is 0. The Morgan fingerprint density at radius 1 is 1.28 bits per heavy atom. The molecule has 0 spiro atoms. The van der Waals surface area contributed by atoms with E-state index in [0.29, 0.717) is 15.5 Å². The van der Waals surface area contributed by atoms with Gasteiger partial charge in [0.15, 0.2) is 4.90 Å². The number of rotatable bonds is 6. The zero-order valence-corrected chi connectivity index (χ0v) is 18.5. The topological polar surface area (TPSA) is 108 Å². The molecular weight excluding hydrogens is 477 g/mol. The number of amides is 1. The Labute approximate surface area is 186 Å². The largest absolute Gasteiger partial charge is 0.612 e. The van der Waals surface area contributed by atoms with Crippen LogP contribution in [-0.2, 0) is 11.2 Å². The fourth-order valence-corrected chi connectivity index (χ4v) is 5.53. The minimum atomic E-state index is -1.20. The number of hydrogen-bond donors (Lipinski definition) is 1. The Morgan fingerprint density at radius 2 is 1.97 bits per heavy atom. The van der Waals surface area contributed by atoms with Gasteiger partial charge in [-0.2, -0.15) is 0 Å². The molecule has 0 aliphatic carbocycles. The van der Waals surface area contributed by atoms with Gasteiger partial charge >= 0.3 is 0 Å². The first-order chi connectivity index (χ1) is 13.8. The molecule has 3 aromatic rings. The van der Waals surface area contributed by atoms with Crippen molar-refractivity contribution in [3.05, 3.63) is 67.8 Å². The predicted molar refractivity (Wildman–Crippen MR) is 116 cm³/mol. The SMILES string of the molecule is C[S+]([O-])c1cccc(NC(=O)c2cc([N+](=O)[O-])c(Sc3c(Cl)cncc3Cl)s2)c1. The Hall–Kier alpha value is -1.82. The van der Waals surface area contributed by atoms with Crippen molar-refractivity contribution in [2.45, 2.75) is 14.0 Å². The van der Waals surface area contributed by atoms with Crippen molar-refractivity contribution in [1.29, 1.82) is 0 Å². The Balaban J connectivity index is 1.89. The lowest BCUT2D eigenvalue weighted by Crippen LogP contribution is -2.10. The third-order valence-corrected chi connectivity index (χ3v) is 7.70. The van der Waals surface area contributed by atoms with Crippen molar-refractivity contribution in [2.75, 3.05) is 11.6 Å². The van der Waals surface area contributed by atoms with E-state index in [0.717, 1.165) is 23.1 Å². The highest BCUT2D eigenvalue weighted by Gasteiger charge is 2.25. The van der Waals surface area contributed by atoms with E-state index in [1.807, 2.05) is 0 Å². The first-order valence-electron chi connectivity index (χ1n) is 7.76. The van der Waals surface area contributed by atoms with Gasteiger partial charge in [0.2, 0.25) is 0 Å². The van der Waals surface area contributed by atoms with Crippen molar-refractivity contribution < 1.29 is 14.3 Å². The van der Waals surface area contributed by atoms with Gasteiger partial charge in [-0.3, -0.25) is 19.9 Å². The van der Waals surface area contributed by atoms with Crippen LogP contribution in [0.4, 0.5) is 11.4 Å². The lowest BCUT2D eigenvalue weighted by molar-refractivity contribution is -0.387. The van der Waals surface area contributed by atoms with Gasteiger partial charge in [-0.05, 0) is 23.3 Å². The van der Waals surface area contributed by atoms with E-state index < -0.39 is 22.0 Å². The van der Waals surface area contributed by atoms with Crippen LogP contribution in [0.15, 0.2) is 56.7 Å². The zero-order valence-electron chi connectivity index (χ0n) is 14.5. The zero-order chi connectivity index (χ0) is 21.1. The summed E-state index contributed by atoms with van der Waals surface area (Å²) in [4.78, 5) is 28.4. The molecular formula is C17H11Cl2N3O4S3. The van der Waals surface area contributed by atoms with Crippen molar-refractivity contribution in [3.8, 4) is 0 Å². The summed E-state index contributed by atoms with van der Waals surface area (Å²) < 4.78 is 11.9. The lowest BCUT2D eigenvalue weighted by atomic mass is 10.3. The molecule has 1 unspecified atom stereocenters. The molecule has 1 amide bonds. The second kappa shape index (κ2) is 9.33. The number of hydrogen-bond acceptors (Lipinski definition) is 7. The summed E-state index contributed by atoms with van der Waals surface area (Å²) in [6.07, 6.45) is 4.30. The van der Waals surface area contributed by atoms with Crippen molar-refractivity contribution in [3.63, 3.8) is 0 Å². The van der Waals surface area contributed by atoms with Gasteiger partial charge in [-0.15, -0.1) is 11.3 Å². The minimum Gasteiger partial charge on any atom is -0.612 e. The molecule has 12 heteroatoms. The molecule has 29 heavy (non-hydrogen) atoms. The van der Waals surface area contributed by atoms with E-state index in [4.69, 9.17) is 23.2 Å². The van der Waals surface area contributed by atoms with Gasteiger partial charge in [0.25, 0.3) is 11.6 Å². The number of carbonyl (C=O) groups is 1. The molecule has 0 aliphatic rings. The summed E-state index contributed by atoms with van der Waals surface area (Å²) >= 11 is 12.9. The number of nitro groups is 1. The highest BCUT2D eigenvalue weighted by molar-refractivity contribution is 8.01. The summed E-state index contributed by atoms with van der Waals surface area (Å²) in [5.41, 5.74) is 0.214. The van der Waals surface area contributed by atoms with Crippen LogP contribution in [0.25, 0.3) is 0 Å². The number of nitrogens with one attached hydrogen (secondary N) is 1. The highest BCUT2D eigenvalue weighted by atomic mass is 35.5. The maximum Gasteiger partial charge on any atom is 0.294 e. The molecule has 2 heterocycles. The number of halogens is 2. The van der Waals surface area contributed by atoms with Crippen LogP contribution in [0.5, 0.6) is 0 Å². The van der Waals surface area contributed by atoms with Crippen molar-refractivity contribution in [2.24, 2.45) is 0 Å². The number of thiophene rings is 1. The van der Waals surface area contributed by atoms with Crippen LogP contribution in [0.1, 0.15) is 9.67 Å². The van der Waals surface area contributed by atoms with Crippen LogP contribution >= 0.6 is 46.3 Å². The van der Waals surface area contributed by atoms with Crippen LogP contribution in [0, 0.1) is 10.1 Å². The Kier molecular flexibility index (Phi) is 7.04. The molecule has 0 aliphatic heterocycles. The number of nitrogens with zero attached hydrogens (tertiary/aromatic N) is 2. The van der Waals surface area contributed by atoms with Crippen LogP contribution in [0.2, 0.25) is 10.0 Å². The molecule has 150 valence electrons. The molecule has 1 aromatic carbocycles. The van der Waals surface area contributed by atoms with Gasteiger partial charge in [-0.1, -0.05) is 41.0 Å². The molecule has 0 radical (unpaired) electrons. The van der Waals surface area contributed by atoms with Gasteiger partial charge in [0.05, 0.1) is 19.9 Å². The van der Waals surface area contributed by atoms with Crippen molar-refractivity contribution >= 4 is 74.8 Å². The molecule has 1 N–H and O–H groups in total. The third-order valence-electron chi connectivity index (χ3n) is 3.53. The molecule has 2 aromatic heterocycles. The van der Waals surface area contributed by atoms with E-state index >= 15 is 0 Å². The molecule has 0 saturated heterocycles. The molecule has 3 rings (SSSR count). The Morgan fingerprint density at radius 3 is 2.59 bits per heavy atom. The lowest BCUT2D eigenvalue weighted by Gasteiger charge is -2.07. The van der Waals surface area contributed by atoms with Crippen LogP contribution in [-0.4, -0.2) is 26.6 Å². The molecule has 7 nitrogen and oxygen atoms in total. The van der Waals surface area contributed by atoms with Crippen LogP contribution in [0.3, 0.4) is 0 Å². The van der Waals surface area contributed by atoms with Crippen LogP contribution < -0.4 is 5.32 Å². The van der Waals surface area contributed by atoms with E-state index in [1.165, 1.54) is 24.7 Å². The summed E-state index contributed by atoms with van der Waals surface area (Å²) in [7, 11) is 0. The predicted octanol–water partition coefficient (Wildman–Crippen LogP) is 5.50. The van der Waals surface area contributed by atoms with E-state index in [9.17, 15) is 19.5 Å². The first kappa shape index (κ1) is 21.9. The van der Waals surface area contributed by atoms with Gasteiger partial charge < -0.3 is 9.87 Å². The van der Waals surface area contributed by atoms with E-state index in [2.05, 4.69) is 10.3 Å². The molecule has 0 saturated carbocycles. The molecule has 1 atom stereocenters. The number of benzene rings is 1. The number of aromatic nitrogens is 1. The molecule has 0 fully saturated rings. The average molecular weight is 488 g/mol. The Bertz CT molecular complexity index is 1070. The third kappa shape index (κ3) is 5.21. The summed E-state index contributed by atoms with van der Waals surface area (Å²) in [5, 5.41) is 14.6. The fourth-order valence-electron chi connectivity index (χ4n) is 2.21. The van der Waals surface area contributed by atoms with E-state index in [-0.39, 0.29) is 24.8 Å². The molecule has 0 bridgehead atoms. The number of pyridine rings is 1. The highest BCUT2D eigenvalue weighted by Crippen LogP contribution is 2.45. The second-order valence-corrected chi connectivity index (χ2v) is 10.0. The van der Waals surface area contributed by atoms with Gasteiger partial charge in [0, 0.05) is 30.2 Å². The van der Waals surface area contributed by atoms with Gasteiger partial charge in [-0.25, -0.2) is 0 Å². The monoisotopic (exact) mass is 487 g/mol.